The number of rotatable bonds is 3. The summed E-state index contributed by atoms with van der Waals surface area (Å²) in [5, 5.41) is 8.12. The molecule has 4 nitrogen and oxygen atoms in total. The molecule has 2 aromatic rings. The van der Waals surface area contributed by atoms with Crippen molar-refractivity contribution in [3.63, 3.8) is 0 Å². The molecule has 1 fully saturated rings. The Kier molecular flexibility index (Phi) is 2.44. The molecule has 3 atom stereocenters. The number of nitrogens with two attached hydrogens (primary N) is 1. The van der Waals surface area contributed by atoms with Crippen molar-refractivity contribution in [3.05, 3.63) is 42.2 Å². The molecular formula is C13H16N4. The van der Waals surface area contributed by atoms with Crippen LogP contribution in [0.2, 0.25) is 0 Å². The Labute approximate surface area is 100 Å². The van der Waals surface area contributed by atoms with Crippen LogP contribution in [0, 0.1) is 11.8 Å². The molecule has 1 aromatic carbocycles. The molecule has 0 radical (unpaired) electrons. The predicted molar refractivity (Wildman–Crippen MR) is 65.6 cm³/mol. The minimum Gasteiger partial charge on any atom is -0.322 e. The minimum absolute atomic E-state index is 0.0419. The summed E-state index contributed by atoms with van der Waals surface area (Å²) in [4.78, 5) is 0. The molecule has 3 rings (SSSR count). The van der Waals surface area contributed by atoms with Crippen LogP contribution in [-0.4, -0.2) is 15.0 Å². The Bertz CT molecular complexity index is 505. The van der Waals surface area contributed by atoms with Gasteiger partial charge in [0.2, 0.25) is 0 Å². The summed E-state index contributed by atoms with van der Waals surface area (Å²) in [6.45, 7) is 2.24. The molecule has 88 valence electrons. The smallest absolute Gasteiger partial charge is 0.0815 e. The molecule has 1 saturated carbocycles. The Morgan fingerprint density at radius 1 is 1.35 bits per heavy atom. The molecule has 17 heavy (non-hydrogen) atoms. The molecule has 3 unspecified atom stereocenters. The van der Waals surface area contributed by atoms with Crippen molar-refractivity contribution < 1.29 is 0 Å². The molecule has 0 aliphatic heterocycles. The Hall–Kier alpha value is -1.68. The van der Waals surface area contributed by atoms with Crippen molar-refractivity contribution in [1.82, 2.24) is 15.0 Å². The Morgan fingerprint density at radius 3 is 2.71 bits per heavy atom. The summed E-state index contributed by atoms with van der Waals surface area (Å²) in [6.07, 6.45) is 2.99. The normalized spacial score (nSPS) is 24.6. The van der Waals surface area contributed by atoms with E-state index in [2.05, 4.69) is 17.2 Å². The monoisotopic (exact) mass is 228 g/mol. The van der Waals surface area contributed by atoms with Crippen LogP contribution in [0.25, 0.3) is 5.69 Å². The fourth-order valence-corrected chi connectivity index (χ4v) is 2.31. The molecule has 0 amide bonds. The third kappa shape index (κ3) is 1.85. The lowest BCUT2D eigenvalue weighted by atomic mass is 10.1. The van der Waals surface area contributed by atoms with Crippen LogP contribution in [-0.2, 0) is 0 Å². The number of para-hydroxylation sites is 1. The molecule has 0 saturated heterocycles. The zero-order chi connectivity index (χ0) is 11.8. The third-order valence-corrected chi connectivity index (χ3v) is 3.55. The van der Waals surface area contributed by atoms with E-state index in [0.717, 1.165) is 17.3 Å². The molecule has 4 heteroatoms. The van der Waals surface area contributed by atoms with Gasteiger partial charge in [-0.2, -0.15) is 0 Å². The minimum atomic E-state index is 0.0419. The first-order valence-electron chi connectivity index (χ1n) is 5.99. The standard InChI is InChI=1S/C13H16N4/c1-9-7-11(9)13(14)12-8-15-16-17(12)10-5-3-2-4-6-10/h2-6,8-9,11,13H,7,14H2,1H3. The predicted octanol–water partition coefficient (Wildman–Crippen LogP) is 1.92. The number of hydrogen-bond acceptors (Lipinski definition) is 3. The third-order valence-electron chi connectivity index (χ3n) is 3.55. The van der Waals surface area contributed by atoms with E-state index in [-0.39, 0.29) is 6.04 Å². The Morgan fingerprint density at radius 2 is 2.06 bits per heavy atom. The van der Waals surface area contributed by atoms with Crippen molar-refractivity contribution >= 4 is 0 Å². The van der Waals surface area contributed by atoms with Crippen LogP contribution in [0.15, 0.2) is 36.5 Å². The van der Waals surface area contributed by atoms with Crippen molar-refractivity contribution in [1.29, 1.82) is 0 Å². The topological polar surface area (TPSA) is 56.7 Å². The molecule has 1 aliphatic rings. The second kappa shape index (κ2) is 3.96. The first kappa shape index (κ1) is 10.5. The first-order valence-corrected chi connectivity index (χ1v) is 5.99. The van der Waals surface area contributed by atoms with Crippen molar-refractivity contribution in [2.45, 2.75) is 19.4 Å². The van der Waals surface area contributed by atoms with Gasteiger partial charge in [0.1, 0.15) is 0 Å². The quantitative estimate of drug-likeness (QED) is 0.873. The van der Waals surface area contributed by atoms with Gasteiger partial charge in [-0.15, -0.1) is 5.10 Å². The van der Waals surface area contributed by atoms with Crippen LogP contribution < -0.4 is 5.73 Å². The van der Waals surface area contributed by atoms with E-state index in [0.29, 0.717) is 5.92 Å². The van der Waals surface area contributed by atoms with E-state index in [1.165, 1.54) is 6.42 Å². The average molecular weight is 228 g/mol. The van der Waals surface area contributed by atoms with Crippen LogP contribution in [0.1, 0.15) is 25.1 Å². The zero-order valence-corrected chi connectivity index (χ0v) is 9.82. The summed E-state index contributed by atoms with van der Waals surface area (Å²) in [5.74, 6) is 1.31. The molecule has 1 aromatic heterocycles. The van der Waals surface area contributed by atoms with Gasteiger partial charge in [-0.1, -0.05) is 30.3 Å². The van der Waals surface area contributed by atoms with Crippen LogP contribution in [0.5, 0.6) is 0 Å². The van der Waals surface area contributed by atoms with E-state index in [4.69, 9.17) is 5.73 Å². The first-order chi connectivity index (χ1) is 8.27. The lowest BCUT2D eigenvalue weighted by Crippen LogP contribution is -2.18. The summed E-state index contributed by atoms with van der Waals surface area (Å²) in [6, 6.07) is 10.0. The molecule has 2 N–H and O–H groups in total. The highest BCUT2D eigenvalue weighted by atomic mass is 15.4. The van der Waals surface area contributed by atoms with E-state index in [1.807, 2.05) is 35.0 Å². The van der Waals surface area contributed by atoms with Gasteiger partial charge in [-0.05, 0) is 30.4 Å². The largest absolute Gasteiger partial charge is 0.322 e. The van der Waals surface area contributed by atoms with Crippen LogP contribution in [0.3, 0.4) is 0 Å². The molecule has 1 aliphatic carbocycles. The van der Waals surface area contributed by atoms with E-state index in [1.54, 1.807) is 6.20 Å². The number of nitrogens with zero attached hydrogens (tertiary/aromatic N) is 3. The van der Waals surface area contributed by atoms with Gasteiger partial charge in [-0.25, -0.2) is 4.68 Å². The van der Waals surface area contributed by atoms with Gasteiger partial charge in [0, 0.05) is 0 Å². The maximum absolute atomic E-state index is 6.27. The lowest BCUT2D eigenvalue weighted by molar-refractivity contribution is 0.558. The van der Waals surface area contributed by atoms with Crippen LogP contribution in [0.4, 0.5) is 0 Å². The van der Waals surface area contributed by atoms with E-state index < -0.39 is 0 Å². The summed E-state index contributed by atoms with van der Waals surface area (Å²) in [7, 11) is 0. The summed E-state index contributed by atoms with van der Waals surface area (Å²) in [5.41, 5.74) is 8.29. The fourth-order valence-electron chi connectivity index (χ4n) is 2.31. The fraction of sp³-hybridized carbons (Fsp3) is 0.385. The molecule has 0 spiro atoms. The highest BCUT2D eigenvalue weighted by molar-refractivity contribution is 5.32. The number of benzene rings is 1. The zero-order valence-electron chi connectivity index (χ0n) is 9.82. The Balaban J connectivity index is 1.94. The van der Waals surface area contributed by atoms with Crippen molar-refractivity contribution in [3.8, 4) is 5.69 Å². The molecular weight excluding hydrogens is 212 g/mol. The van der Waals surface area contributed by atoms with E-state index >= 15 is 0 Å². The second-order valence-electron chi connectivity index (χ2n) is 4.81. The highest BCUT2D eigenvalue weighted by Gasteiger charge is 2.39. The van der Waals surface area contributed by atoms with Gasteiger partial charge >= 0.3 is 0 Å². The van der Waals surface area contributed by atoms with Gasteiger partial charge in [0.15, 0.2) is 0 Å². The lowest BCUT2D eigenvalue weighted by Gasteiger charge is -2.12. The van der Waals surface area contributed by atoms with Gasteiger partial charge in [0.25, 0.3) is 0 Å². The number of aromatic nitrogens is 3. The van der Waals surface area contributed by atoms with Crippen molar-refractivity contribution in [2.24, 2.45) is 17.6 Å². The van der Waals surface area contributed by atoms with Gasteiger partial charge < -0.3 is 5.73 Å². The SMILES string of the molecule is CC1CC1C(N)c1cnnn1-c1ccccc1. The summed E-state index contributed by atoms with van der Waals surface area (Å²) >= 11 is 0. The van der Waals surface area contributed by atoms with Crippen molar-refractivity contribution in [2.75, 3.05) is 0 Å². The number of hydrogen-bond donors (Lipinski definition) is 1. The average Bonchev–Trinajstić information content (AvgIpc) is 2.92. The summed E-state index contributed by atoms with van der Waals surface area (Å²) < 4.78 is 1.84. The second-order valence-corrected chi connectivity index (χ2v) is 4.81. The maximum Gasteiger partial charge on any atom is 0.0815 e. The maximum atomic E-state index is 6.27. The van der Waals surface area contributed by atoms with Gasteiger partial charge in [0.05, 0.1) is 23.6 Å². The molecule has 1 heterocycles. The van der Waals surface area contributed by atoms with Crippen LogP contribution >= 0.6 is 0 Å². The van der Waals surface area contributed by atoms with Gasteiger partial charge in [-0.3, -0.25) is 0 Å². The highest BCUT2D eigenvalue weighted by Crippen LogP contribution is 2.45. The molecule has 0 bridgehead atoms. The van der Waals surface area contributed by atoms with E-state index in [9.17, 15) is 0 Å².